The fourth-order valence-corrected chi connectivity index (χ4v) is 0.991. The number of nitrogens with one attached hydrogen (secondary N) is 1. The van der Waals surface area contributed by atoms with Crippen LogP contribution in [0.2, 0.25) is 0 Å². The van der Waals surface area contributed by atoms with Crippen molar-refractivity contribution in [2.45, 2.75) is 13.0 Å². The van der Waals surface area contributed by atoms with Crippen molar-refractivity contribution in [2.75, 3.05) is 5.73 Å². The predicted molar refractivity (Wildman–Crippen MR) is 56.2 cm³/mol. The normalized spacial score (nSPS) is 9.07. The molecular weight excluding hydrogens is 176 g/mol. The molecule has 72 valence electrons. The second-order valence-electron chi connectivity index (χ2n) is 2.90. The monoisotopic (exact) mass is 188 g/mol. The molecule has 3 heteroatoms. The molecule has 0 aliphatic rings. The number of hydrogen-bond donors (Lipinski definition) is 2. The summed E-state index contributed by atoms with van der Waals surface area (Å²) in [6, 6.07) is 7.32. The van der Waals surface area contributed by atoms with Gasteiger partial charge < -0.3 is 11.1 Å². The summed E-state index contributed by atoms with van der Waals surface area (Å²) in [5.74, 6) is 2.15. The highest BCUT2D eigenvalue weighted by molar-refractivity contribution is 5.78. The Morgan fingerprint density at radius 2 is 2.07 bits per heavy atom. The van der Waals surface area contributed by atoms with Gasteiger partial charge >= 0.3 is 0 Å². The van der Waals surface area contributed by atoms with Gasteiger partial charge in [0.25, 0.3) is 0 Å². The van der Waals surface area contributed by atoms with E-state index in [9.17, 15) is 4.79 Å². The van der Waals surface area contributed by atoms with Crippen molar-refractivity contribution < 1.29 is 4.79 Å². The van der Waals surface area contributed by atoms with E-state index in [0.717, 1.165) is 5.56 Å². The third kappa shape index (κ3) is 3.20. The van der Waals surface area contributed by atoms with Gasteiger partial charge in [-0.25, -0.2) is 0 Å². The fourth-order valence-electron chi connectivity index (χ4n) is 0.991. The topological polar surface area (TPSA) is 55.1 Å². The lowest BCUT2D eigenvalue weighted by molar-refractivity contribution is -0.120. The minimum Gasteiger partial charge on any atom is -0.399 e. The van der Waals surface area contributed by atoms with Crippen molar-refractivity contribution in [3.05, 3.63) is 29.8 Å². The lowest BCUT2D eigenvalue weighted by atomic mass is 10.2. The SMILES string of the molecule is C#CCC(=O)NCc1ccc(N)cc1. The zero-order valence-electron chi connectivity index (χ0n) is 7.79. The quantitative estimate of drug-likeness (QED) is 0.547. The van der Waals surface area contributed by atoms with Gasteiger partial charge in [-0.3, -0.25) is 4.79 Å². The zero-order valence-corrected chi connectivity index (χ0v) is 7.79. The lowest BCUT2D eigenvalue weighted by Gasteiger charge is -2.03. The van der Waals surface area contributed by atoms with Crippen LogP contribution in [0, 0.1) is 12.3 Å². The van der Waals surface area contributed by atoms with Gasteiger partial charge in [0.05, 0.1) is 6.42 Å². The summed E-state index contributed by atoms with van der Waals surface area (Å²) in [6.07, 6.45) is 5.11. The van der Waals surface area contributed by atoms with Crippen molar-refractivity contribution >= 4 is 11.6 Å². The maximum Gasteiger partial charge on any atom is 0.232 e. The molecule has 0 saturated heterocycles. The third-order valence-corrected chi connectivity index (χ3v) is 1.73. The summed E-state index contributed by atoms with van der Waals surface area (Å²) in [5, 5.41) is 2.70. The van der Waals surface area contributed by atoms with E-state index in [1.54, 1.807) is 12.1 Å². The Balaban J connectivity index is 2.43. The second-order valence-corrected chi connectivity index (χ2v) is 2.90. The van der Waals surface area contributed by atoms with Crippen LogP contribution in [0.3, 0.4) is 0 Å². The van der Waals surface area contributed by atoms with E-state index in [4.69, 9.17) is 12.2 Å². The van der Waals surface area contributed by atoms with Gasteiger partial charge in [-0.15, -0.1) is 6.42 Å². The number of terminal acetylenes is 1. The van der Waals surface area contributed by atoms with Gasteiger partial charge in [0.1, 0.15) is 0 Å². The molecule has 3 N–H and O–H groups in total. The molecular formula is C11H12N2O. The largest absolute Gasteiger partial charge is 0.399 e. The Kier molecular flexibility index (Phi) is 3.57. The molecule has 14 heavy (non-hydrogen) atoms. The number of nitrogen functional groups attached to an aromatic ring is 1. The fraction of sp³-hybridized carbons (Fsp3) is 0.182. The Labute approximate surface area is 83.3 Å². The van der Waals surface area contributed by atoms with Gasteiger partial charge in [0, 0.05) is 12.2 Å². The van der Waals surface area contributed by atoms with Crippen molar-refractivity contribution in [1.29, 1.82) is 0 Å². The average Bonchev–Trinajstić information content (AvgIpc) is 2.17. The standard InChI is InChI=1S/C11H12N2O/c1-2-3-11(14)13-8-9-4-6-10(12)7-5-9/h1,4-7H,3,8,12H2,(H,13,14). The number of anilines is 1. The smallest absolute Gasteiger partial charge is 0.232 e. The first-order valence-corrected chi connectivity index (χ1v) is 4.27. The predicted octanol–water partition coefficient (Wildman–Crippen LogP) is 0.908. The minimum atomic E-state index is -0.135. The summed E-state index contributed by atoms with van der Waals surface area (Å²) in [5.41, 5.74) is 7.23. The molecule has 3 nitrogen and oxygen atoms in total. The number of hydrogen-bond acceptors (Lipinski definition) is 2. The van der Waals surface area contributed by atoms with Crippen LogP contribution in [0.5, 0.6) is 0 Å². The summed E-state index contributed by atoms with van der Waals surface area (Å²) >= 11 is 0. The van der Waals surface area contributed by atoms with Crippen molar-refractivity contribution in [3.8, 4) is 12.3 Å². The van der Waals surface area contributed by atoms with Crippen LogP contribution in [-0.2, 0) is 11.3 Å². The Bertz CT molecular complexity index is 349. The number of amides is 1. The first-order chi connectivity index (χ1) is 6.72. The van der Waals surface area contributed by atoms with Crippen molar-refractivity contribution in [3.63, 3.8) is 0 Å². The number of rotatable bonds is 3. The number of nitrogens with two attached hydrogens (primary N) is 1. The second kappa shape index (κ2) is 4.93. The minimum absolute atomic E-state index is 0.120. The molecule has 0 aliphatic heterocycles. The van der Waals surface area contributed by atoms with Crippen LogP contribution < -0.4 is 11.1 Å². The Hall–Kier alpha value is -1.95. The molecule has 1 rings (SSSR count). The van der Waals surface area contributed by atoms with Gasteiger partial charge in [-0.2, -0.15) is 0 Å². The maximum absolute atomic E-state index is 11.0. The molecule has 1 aromatic carbocycles. The highest BCUT2D eigenvalue weighted by atomic mass is 16.1. The highest BCUT2D eigenvalue weighted by Gasteiger charge is 1.97. The molecule has 0 aromatic heterocycles. The Morgan fingerprint density at radius 1 is 1.43 bits per heavy atom. The van der Waals surface area contributed by atoms with Crippen LogP contribution in [-0.4, -0.2) is 5.91 Å². The number of benzene rings is 1. The van der Waals surface area contributed by atoms with Gasteiger partial charge in [0.15, 0.2) is 0 Å². The van der Waals surface area contributed by atoms with Crippen LogP contribution >= 0.6 is 0 Å². The Morgan fingerprint density at radius 3 is 2.64 bits per heavy atom. The third-order valence-electron chi connectivity index (χ3n) is 1.73. The van der Waals surface area contributed by atoms with Crippen LogP contribution in [0.4, 0.5) is 5.69 Å². The average molecular weight is 188 g/mol. The molecule has 1 aromatic rings. The number of carbonyl (C=O) groups excluding carboxylic acids is 1. The molecule has 0 fully saturated rings. The van der Waals surface area contributed by atoms with E-state index in [1.165, 1.54) is 0 Å². The molecule has 0 aliphatic carbocycles. The first-order valence-electron chi connectivity index (χ1n) is 4.27. The molecule has 1 amide bonds. The van der Waals surface area contributed by atoms with E-state index >= 15 is 0 Å². The lowest BCUT2D eigenvalue weighted by Crippen LogP contribution is -2.21. The van der Waals surface area contributed by atoms with Crippen LogP contribution in [0.25, 0.3) is 0 Å². The molecule has 0 unspecified atom stereocenters. The molecule has 0 saturated carbocycles. The summed E-state index contributed by atoms with van der Waals surface area (Å²) < 4.78 is 0. The van der Waals surface area contributed by atoms with Gasteiger partial charge in [-0.1, -0.05) is 18.1 Å². The molecule has 0 spiro atoms. The van der Waals surface area contributed by atoms with E-state index < -0.39 is 0 Å². The zero-order chi connectivity index (χ0) is 10.4. The van der Waals surface area contributed by atoms with Crippen molar-refractivity contribution in [1.82, 2.24) is 5.32 Å². The van der Waals surface area contributed by atoms with Gasteiger partial charge in [0.2, 0.25) is 5.91 Å². The van der Waals surface area contributed by atoms with Gasteiger partial charge in [-0.05, 0) is 17.7 Å². The number of carbonyl (C=O) groups is 1. The van der Waals surface area contributed by atoms with Crippen molar-refractivity contribution in [2.24, 2.45) is 0 Å². The van der Waals surface area contributed by atoms with E-state index in [1.807, 2.05) is 12.1 Å². The summed E-state index contributed by atoms with van der Waals surface area (Å²) in [7, 11) is 0. The van der Waals surface area contributed by atoms with E-state index in [-0.39, 0.29) is 12.3 Å². The summed E-state index contributed by atoms with van der Waals surface area (Å²) in [6.45, 7) is 0.487. The highest BCUT2D eigenvalue weighted by Crippen LogP contribution is 2.04. The molecule has 0 radical (unpaired) electrons. The first kappa shape index (κ1) is 10.1. The van der Waals surface area contributed by atoms with E-state index in [2.05, 4.69) is 11.2 Å². The molecule has 0 atom stereocenters. The van der Waals surface area contributed by atoms with Crippen LogP contribution in [0.1, 0.15) is 12.0 Å². The summed E-state index contributed by atoms with van der Waals surface area (Å²) in [4.78, 5) is 11.0. The van der Waals surface area contributed by atoms with E-state index in [0.29, 0.717) is 12.2 Å². The molecule has 0 heterocycles. The van der Waals surface area contributed by atoms with Crippen LogP contribution in [0.15, 0.2) is 24.3 Å². The molecule has 0 bridgehead atoms. The maximum atomic E-state index is 11.0.